The van der Waals surface area contributed by atoms with Crippen LogP contribution in [0.2, 0.25) is 0 Å². The third-order valence-corrected chi connectivity index (χ3v) is 3.87. The molecule has 0 fully saturated rings. The Bertz CT molecular complexity index is 990. The highest BCUT2D eigenvalue weighted by molar-refractivity contribution is 5.95. The van der Waals surface area contributed by atoms with E-state index in [0.717, 1.165) is 33.3 Å². The summed E-state index contributed by atoms with van der Waals surface area (Å²) in [5.41, 5.74) is 4.47. The van der Waals surface area contributed by atoms with Crippen LogP contribution in [-0.2, 0) is 0 Å². The van der Waals surface area contributed by atoms with Crippen LogP contribution >= 0.6 is 0 Å². The van der Waals surface area contributed by atoms with Crippen molar-refractivity contribution in [3.63, 3.8) is 0 Å². The average molecular weight is 304 g/mol. The molecule has 2 N–H and O–H groups in total. The zero-order valence-corrected chi connectivity index (χ0v) is 12.1. The van der Waals surface area contributed by atoms with Gasteiger partial charge < -0.3 is 10.1 Å². The second-order valence-corrected chi connectivity index (χ2v) is 5.38. The molecule has 4 aromatic rings. The van der Waals surface area contributed by atoms with Crippen LogP contribution in [-0.4, -0.2) is 15.1 Å². The van der Waals surface area contributed by atoms with Crippen LogP contribution in [0.4, 0.5) is 4.39 Å². The average Bonchev–Trinajstić information content (AvgIpc) is 2.99. The van der Waals surface area contributed by atoms with Crippen LogP contribution in [0.1, 0.15) is 0 Å². The highest BCUT2D eigenvalue weighted by Crippen LogP contribution is 2.31. The van der Waals surface area contributed by atoms with E-state index < -0.39 is 0 Å². The lowest BCUT2D eigenvalue weighted by atomic mass is 10.0. The number of rotatable bonds is 2. The first-order valence-electron chi connectivity index (χ1n) is 7.23. The van der Waals surface area contributed by atoms with E-state index in [1.807, 2.05) is 18.3 Å². The maximum atomic E-state index is 13.1. The highest BCUT2D eigenvalue weighted by Gasteiger charge is 2.09. The lowest BCUT2D eigenvalue weighted by Gasteiger charge is -2.04. The van der Waals surface area contributed by atoms with Crippen molar-refractivity contribution in [1.82, 2.24) is 9.97 Å². The first-order valence-corrected chi connectivity index (χ1v) is 7.23. The van der Waals surface area contributed by atoms with Crippen molar-refractivity contribution in [3.8, 4) is 28.0 Å². The second kappa shape index (κ2) is 5.25. The molecule has 2 heterocycles. The molecule has 112 valence electrons. The normalized spacial score (nSPS) is 11.0. The molecular weight excluding hydrogens is 291 g/mol. The maximum Gasteiger partial charge on any atom is 0.137 e. The van der Waals surface area contributed by atoms with Crippen molar-refractivity contribution in [2.75, 3.05) is 0 Å². The van der Waals surface area contributed by atoms with Crippen LogP contribution in [0.3, 0.4) is 0 Å². The molecule has 0 aliphatic heterocycles. The monoisotopic (exact) mass is 304 g/mol. The summed E-state index contributed by atoms with van der Waals surface area (Å²) in [7, 11) is 0. The van der Waals surface area contributed by atoms with E-state index in [4.69, 9.17) is 0 Å². The number of benzene rings is 2. The van der Waals surface area contributed by atoms with E-state index in [1.54, 1.807) is 36.5 Å². The number of phenolic OH excluding ortho intramolecular Hbond substituents is 1. The van der Waals surface area contributed by atoms with E-state index in [0.29, 0.717) is 0 Å². The van der Waals surface area contributed by atoms with Crippen LogP contribution in [0.5, 0.6) is 5.75 Å². The summed E-state index contributed by atoms with van der Waals surface area (Å²) in [6.07, 6.45) is 3.64. The lowest BCUT2D eigenvalue weighted by molar-refractivity contribution is 0.475. The molecule has 0 bridgehead atoms. The van der Waals surface area contributed by atoms with Crippen LogP contribution in [0, 0.1) is 5.82 Å². The maximum absolute atomic E-state index is 13.1. The Kier molecular flexibility index (Phi) is 3.08. The van der Waals surface area contributed by atoms with Crippen LogP contribution in [0.15, 0.2) is 67.0 Å². The summed E-state index contributed by atoms with van der Waals surface area (Å²) in [5, 5.41) is 10.6. The largest absolute Gasteiger partial charge is 0.508 e. The zero-order chi connectivity index (χ0) is 15.8. The molecule has 4 heteroatoms. The molecular formula is C19H13FN2O. The standard InChI is InChI=1S/C19H13FN2O/c20-15-6-4-12(5-7-15)18-11-22-19-17(18)9-14(10-21-19)13-2-1-3-16(23)8-13/h1-11,23H,(H,21,22). The fourth-order valence-electron chi connectivity index (χ4n) is 2.71. The molecule has 0 atom stereocenters. The third-order valence-electron chi connectivity index (χ3n) is 3.87. The quantitative estimate of drug-likeness (QED) is 0.562. The molecule has 0 radical (unpaired) electrons. The fraction of sp³-hybridized carbons (Fsp3) is 0. The Morgan fingerprint density at radius 2 is 1.74 bits per heavy atom. The summed E-state index contributed by atoms with van der Waals surface area (Å²) in [6, 6.07) is 15.5. The number of halogens is 1. The number of aromatic hydroxyl groups is 1. The van der Waals surface area contributed by atoms with E-state index in [1.165, 1.54) is 12.1 Å². The summed E-state index contributed by atoms with van der Waals surface area (Å²) < 4.78 is 13.1. The van der Waals surface area contributed by atoms with E-state index in [-0.39, 0.29) is 11.6 Å². The van der Waals surface area contributed by atoms with Crippen molar-refractivity contribution in [1.29, 1.82) is 0 Å². The Hall–Kier alpha value is -3.14. The molecule has 0 aliphatic carbocycles. The minimum atomic E-state index is -0.257. The fourth-order valence-corrected chi connectivity index (χ4v) is 2.71. The second-order valence-electron chi connectivity index (χ2n) is 5.38. The first kappa shape index (κ1) is 13.5. The zero-order valence-electron chi connectivity index (χ0n) is 12.1. The molecule has 2 aromatic heterocycles. The van der Waals surface area contributed by atoms with Gasteiger partial charge in [0.15, 0.2) is 0 Å². The number of hydrogen-bond donors (Lipinski definition) is 2. The Morgan fingerprint density at radius 3 is 2.52 bits per heavy atom. The van der Waals surface area contributed by atoms with Gasteiger partial charge in [0.25, 0.3) is 0 Å². The van der Waals surface area contributed by atoms with Gasteiger partial charge in [-0.25, -0.2) is 9.37 Å². The summed E-state index contributed by atoms with van der Waals surface area (Å²) in [5.74, 6) is -0.0393. The predicted molar refractivity (Wildman–Crippen MR) is 88.6 cm³/mol. The molecule has 0 unspecified atom stereocenters. The molecule has 3 nitrogen and oxygen atoms in total. The highest BCUT2D eigenvalue weighted by atomic mass is 19.1. The van der Waals surface area contributed by atoms with Gasteiger partial charge in [0.2, 0.25) is 0 Å². The minimum absolute atomic E-state index is 0.218. The number of pyridine rings is 1. The predicted octanol–water partition coefficient (Wildman–Crippen LogP) is 4.74. The molecule has 0 saturated heterocycles. The van der Waals surface area contributed by atoms with Gasteiger partial charge in [0.1, 0.15) is 17.2 Å². The van der Waals surface area contributed by atoms with Gasteiger partial charge in [-0.05, 0) is 41.5 Å². The number of fused-ring (bicyclic) bond motifs is 1. The Labute approximate surface area is 132 Å². The molecule has 2 aromatic carbocycles. The lowest BCUT2D eigenvalue weighted by Crippen LogP contribution is -1.83. The van der Waals surface area contributed by atoms with Crippen molar-refractivity contribution < 1.29 is 9.50 Å². The summed E-state index contributed by atoms with van der Waals surface area (Å²) in [6.45, 7) is 0. The summed E-state index contributed by atoms with van der Waals surface area (Å²) >= 11 is 0. The number of nitrogens with zero attached hydrogens (tertiary/aromatic N) is 1. The number of aromatic amines is 1. The Balaban J connectivity index is 1.88. The van der Waals surface area contributed by atoms with Gasteiger partial charge in [-0.15, -0.1) is 0 Å². The van der Waals surface area contributed by atoms with Crippen molar-refractivity contribution in [2.24, 2.45) is 0 Å². The number of H-pyrrole nitrogens is 1. The number of aromatic nitrogens is 2. The van der Waals surface area contributed by atoms with Crippen LogP contribution < -0.4 is 0 Å². The van der Waals surface area contributed by atoms with E-state index in [2.05, 4.69) is 9.97 Å². The molecule has 0 aliphatic rings. The SMILES string of the molecule is Oc1cccc(-c2cnc3[nH]cc(-c4ccc(F)cc4)c3c2)c1. The van der Waals surface area contributed by atoms with Gasteiger partial charge in [-0.1, -0.05) is 24.3 Å². The molecule has 0 saturated carbocycles. The van der Waals surface area contributed by atoms with E-state index in [9.17, 15) is 9.50 Å². The first-order chi connectivity index (χ1) is 11.2. The number of nitrogens with one attached hydrogen (secondary N) is 1. The molecule has 23 heavy (non-hydrogen) atoms. The molecule has 0 spiro atoms. The van der Waals surface area contributed by atoms with E-state index >= 15 is 0 Å². The molecule has 4 rings (SSSR count). The topological polar surface area (TPSA) is 48.9 Å². The van der Waals surface area contributed by atoms with Crippen molar-refractivity contribution >= 4 is 11.0 Å². The third kappa shape index (κ3) is 2.44. The number of phenols is 1. The van der Waals surface area contributed by atoms with Gasteiger partial charge in [0.05, 0.1) is 0 Å². The molecule has 0 amide bonds. The van der Waals surface area contributed by atoms with Crippen molar-refractivity contribution in [3.05, 3.63) is 72.8 Å². The minimum Gasteiger partial charge on any atom is -0.508 e. The van der Waals surface area contributed by atoms with Gasteiger partial charge in [-0.3, -0.25) is 0 Å². The van der Waals surface area contributed by atoms with Gasteiger partial charge >= 0.3 is 0 Å². The van der Waals surface area contributed by atoms with Gasteiger partial charge in [-0.2, -0.15) is 0 Å². The number of hydrogen-bond acceptors (Lipinski definition) is 2. The van der Waals surface area contributed by atoms with Gasteiger partial charge in [0, 0.05) is 28.9 Å². The smallest absolute Gasteiger partial charge is 0.137 e. The summed E-state index contributed by atoms with van der Waals surface area (Å²) in [4.78, 5) is 7.58. The van der Waals surface area contributed by atoms with Crippen molar-refractivity contribution in [2.45, 2.75) is 0 Å². The Morgan fingerprint density at radius 1 is 0.913 bits per heavy atom. The van der Waals surface area contributed by atoms with Crippen LogP contribution in [0.25, 0.3) is 33.3 Å².